The molecule has 0 bridgehead atoms. The lowest BCUT2D eigenvalue weighted by atomic mass is 10.1. The molecule has 2 aromatic carbocycles. The number of carbonyl (C=O) groups is 1. The lowest BCUT2D eigenvalue weighted by Crippen LogP contribution is -2.13. The van der Waals surface area contributed by atoms with Crippen molar-refractivity contribution < 1.29 is 9.18 Å². The van der Waals surface area contributed by atoms with E-state index in [1.54, 1.807) is 18.2 Å². The van der Waals surface area contributed by atoms with Gasteiger partial charge in [0.25, 0.3) is 5.91 Å². The zero-order chi connectivity index (χ0) is 14.0. The molecule has 0 aliphatic carbocycles. The smallest absolute Gasteiger partial charge is 0.255 e. The predicted molar refractivity (Wildman–Crippen MR) is 80.9 cm³/mol. The fraction of sp³-hybridized carbons (Fsp3) is 0.0714. The summed E-state index contributed by atoms with van der Waals surface area (Å²) in [5.74, 6) is -0.815. The molecular formula is C14H10Br2FNO. The standard InChI is InChI=1S/C14H10Br2FNO/c1-8-4-9(6-11(16)5-8)14(19)18-13-7-10(15)2-3-12(13)17/h2-7H,1H3,(H,18,19). The summed E-state index contributed by atoms with van der Waals surface area (Å²) < 4.78 is 15.1. The minimum absolute atomic E-state index is 0.150. The normalized spacial score (nSPS) is 10.3. The summed E-state index contributed by atoms with van der Waals surface area (Å²) in [5.41, 5.74) is 1.58. The molecule has 0 saturated heterocycles. The molecule has 0 radical (unpaired) electrons. The molecule has 1 amide bonds. The van der Waals surface area contributed by atoms with Crippen LogP contribution in [0.4, 0.5) is 10.1 Å². The Balaban J connectivity index is 2.28. The molecule has 5 heteroatoms. The van der Waals surface area contributed by atoms with E-state index in [0.29, 0.717) is 10.0 Å². The minimum atomic E-state index is -0.469. The number of halogens is 3. The van der Waals surface area contributed by atoms with E-state index in [4.69, 9.17) is 0 Å². The summed E-state index contributed by atoms with van der Waals surface area (Å²) in [6.07, 6.45) is 0. The third-order valence-corrected chi connectivity index (χ3v) is 3.43. The van der Waals surface area contributed by atoms with Crippen LogP contribution < -0.4 is 5.32 Å². The molecule has 0 spiro atoms. The molecule has 2 rings (SSSR count). The van der Waals surface area contributed by atoms with Crippen molar-refractivity contribution in [3.63, 3.8) is 0 Å². The first kappa shape index (κ1) is 14.2. The van der Waals surface area contributed by atoms with Gasteiger partial charge in [-0.3, -0.25) is 4.79 Å². The topological polar surface area (TPSA) is 29.1 Å². The zero-order valence-electron chi connectivity index (χ0n) is 10.0. The molecule has 0 saturated carbocycles. The number of anilines is 1. The molecule has 0 aliphatic rings. The fourth-order valence-corrected chi connectivity index (χ4v) is 2.62. The lowest BCUT2D eigenvalue weighted by Gasteiger charge is -2.08. The van der Waals surface area contributed by atoms with E-state index in [1.807, 2.05) is 13.0 Å². The highest BCUT2D eigenvalue weighted by atomic mass is 79.9. The molecule has 0 fully saturated rings. The second-order valence-electron chi connectivity index (χ2n) is 4.10. The number of aryl methyl sites for hydroxylation is 1. The Morgan fingerprint density at radius 3 is 2.53 bits per heavy atom. The third kappa shape index (κ3) is 3.64. The van der Waals surface area contributed by atoms with Crippen LogP contribution in [-0.4, -0.2) is 5.91 Å². The van der Waals surface area contributed by atoms with E-state index in [9.17, 15) is 9.18 Å². The Hall–Kier alpha value is -1.20. The van der Waals surface area contributed by atoms with Crippen LogP contribution >= 0.6 is 31.9 Å². The van der Waals surface area contributed by atoms with Crippen LogP contribution in [0.1, 0.15) is 15.9 Å². The Labute approximate surface area is 127 Å². The van der Waals surface area contributed by atoms with Crippen molar-refractivity contribution in [1.82, 2.24) is 0 Å². The van der Waals surface area contributed by atoms with Crippen molar-refractivity contribution in [2.45, 2.75) is 6.92 Å². The van der Waals surface area contributed by atoms with Crippen molar-refractivity contribution in [2.75, 3.05) is 5.32 Å². The molecule has 2 aromatic rings. The van der Waals surface area contributed by atoms with Crippen molar-refractivity contribution in [3.8, 4) is 0 Å². The van der Waals surface area contributed by atoms with Gasteiger partial charge in [-0.1, -0.05) is 31.9 Å². The summed E-state index contributed by atoms with van der Waals surface area (Å²) in [6.45, 7) is 1.89. The first-order valence-electron chi connectivity index (χ1n) is 5.49. The molecule has 1 N–H and O–H groups in total. The van der Waals surface area contributed by atoms with Gasteiger partial charge in [0.15, 0.2) is 0 Å². The Kier molecular flexibility index (Phi) is 4.37. The fourth-order valence-electron chi connectivity index (χ4n) is 1.66. The highest BCUT2D eigenvalue weighted by molar-refractivity contribution is 9.10. The number of carbonyl (C=O) groups excluding carboxylic acids is 1. The van der Waals surface area contributed by atoms with E-state index < -0.39 is 5.82 Å². The van der Waals surface area contributed by atoms with Crippen LogP contribution in [0.2, 0.25) is 0 Å². The van der Waals surface area contributed by atoms with Crippen LogP contribution in [0.25, 0.3) is 0 Å². The second kappa shape index (κ2) is 5.84. The number of hydrogen-bond acceptors (Lipinski definition) is 1. The van der Waals surface area contributed by atoms with Gasteiger partial charge in [0.2, 0.25) is 0 Å². The van der Waals surface area contributed by atoms with Crippen molar-refractivity contribution in [3.05, 3.63) is 62.3 Å². The third-order valence-electron chi connectivity index (χ3n) is 2.48. The number of rotatable bonds is 2. The van der Waals surface area contributed by atoms with Gasteiger partial charge in [-0.15, -0.1) is 0 Å². The Morgan fingerprint density at radius 1 is 1.11 bits per heavy atom. The number of benzene rings is 2. The van der Waals surface area contributed by atoms with E-state index in [2.05, 4.69) is 37.2 Å². The second-order valence-corrected chi connectivity index (χ2v) is 5.93. The van der Waals surface area contributed by atoms with E-state index in [0.717, 1.165) is 10.0 Å². The van der Waals surface area contributed by atoms with Crippen LogP contribution in [0, 0.1) is 12.7 Å². The summed E-state index contributed by atoms with van der Waals surface area (Å²) in [7, 11) is 0. The monoisotopic (exact) mass is 385 g/mol. The molecule has 98 valence electrons. The SMILES string of the molecule is Cc1cc(Br)cc(C(=O)Nc2cc(Br)ccc2F)c1. The molecular weight excluding hydrogens is 377 g/mol. The first-order chi connectivity index (χ1) is 8.95. The number of hydrogen-bond donors (Lipinski definition) is 1. The maximum Gasteiger partial charge on any atom is 0.255 e. The van der Waals surface area contributed by atoms with Gasteiger partial charge in [-0.2, -0.15) is 0 Å². The maximum absolute atomic E-state index is 13.6. The van der Waals surface area contributed by atoms with Crippen LogP contribution in [0.15, 0.2) is 45.3 Å². The molecule has 2 nitrogen and oxygen atoms in total. The minimum Gasteiger partial charge on any atom is -0.319 e. The molecule has 19 heavy (non-hydrogen) atoms. The highest BCUT2D eigenvalue weighted by Crippen LogP contribution is 2.22. The zero-order valence-corrected chi connectivity index (χ0v) is 13.2. The highest BCUT2D eigenvalue weighted by Gasteiger charge is 2.10. The quantitative estimate of drug-likeness (QED) is 0.780. The molecule has 0 unspecified atom stereocenters. The molecule has 0 aromatic heterocycles. The van der Waals surface area contributed by atoms with Gasteiger partial charge < -0.3 is 5.32 Å². The Bertz CT molecular complexity index is 623. The van der Waals surface area contributed by atoms with Crippen molar-refractivity contribution in [2.24, 2.45) is 0 Å². The van der Waals surface area contributed by atoms with E-state index in [-0.39, 0.29) is 11.6 Å². The number of amides is 1. The van der Waals surface area contributed by atoms with Gasteiger partial charge >= 0.3 is 0 Å². The van der Waals surface area contributed by atoms with Gasteiger partial charge in [-0.25, -0.2) is 4.39 Å². The first-order valence-corrected chi connectivity index (χ1v) is 7.08. The number of nitrogens with one attached hydrogen (secondary N) is 1. The van der Waals surface area contributed by atoms with Gasteiger partial charge in [0.1, 0.15) is 5.82 Å². The largest absolute Gasteiger partial charge is 0.319 e. The predicted octanol–water partition coefficient (Wildman–Crippen LogP) is 4.91. The van der Waals surface area contributed by atoms with Gasteiger partial charge in [0.05, 0.1) is 5.69 Å². The maximum atomic E-state index is 13.6. The summed E-state index contributed by atoms with van der Waals surface area (Å²) >= 11 is 6.57. The average molecular weight is 387 g/mol. The summed E-state index contributed by atoms with van der Waals surface area (Å²) in [6, 6.07) is 9.74. The van der Waals surface area contributed by atoms with Crippen molar-refractivity contribution >= 4 is 43.5 Å². The van der Waals surface area contributed by atoms with E-state index in [1.165, 1.54) is 12.1 Å². The van der Waals surface area contributed by atoms with Gasteiger partial charge in [-0.05, 0) is 48.9 Å². The molecule has 0 heterocycles. The average Bonchev–Trinajstić information content (AvgIpc) is 2.32. The summed E-state index contributed by atoms with van der Waals surface area (Å²) in [5, 5.41) is 2.56. The Morgan fingerprint density at radius 2 is 1.84 bits per heavy atom. The molecule has 0 atom stereocenters. The van der Waals surface area contributed by atoms with Crippen LogP contribution in [0.3, 0.4) is 0 Å². The van der Waals surface area contributed by atoms with Crippen LogP contribution in [-0.2, 0) is 0 Å². The van der Waals surface area contributed by atoms with E-state index >= 15 is 0 Å². The molecule has 0 aliphatic heterocycles. The van der Waals surface area contributed by atoms with Gasteiger partial charge in [0, 0.05) is 14.5 Å². The van der Waals surface area contributed by atoms with Crippen LogP contribution in [0.5, 0.6) is 0 Å². The lowest BCUT2D eigenvalue weighted by molar-refractivity contribution is 0.102. The summed E-state index contributed by atoms with van der Waals surface area (Å²) in [4.78, 5) is 12.1. The van der Waals surface area contributed by atoms with Crippen molar-refractivity contribution in [1.29, 1.82) is 0 Å².